The van der Waals surface area contributed by atoms with Crippen LogP contribution in [-0.2, 0) is 4.79 Å². The molecule has 0 radical (unpaired) electrons. The van der Waals surface area contributed by atoms with E-state index in [-0.39, 0.29) is 5.91 Å². The zero-order valence-corrected chi connectivity index (χ0v) is 12.0. The third-order valence-corrected chi connectivity index (χ3v) is 4.27. The second-order valence-electron chi connectivity index (χ2n) is 4.29. The second kappa shape index (κ2) is 5.64. The summed E-state index contributed by atoms with van der Waals surface area (Å²) in [4.78, 5) is 23.2. The summed E-state index contributed by atoms with van der Waals surface area (Å²) in [7, 11) is 0. The Bertz CT molecular complexity index is 428. The Morgan fingerprint density at radius 1 is 1.53 bits per heavy atom. The number of rotatable bonds is 5. The summed E-state index contributed by atoms with van der Waals surface area (Å²) >= 11 is 4.62. The normalized spacial score (nSPS) is 11.2. The molecule has 0 atom stereocenters. The zero-order chi connectivity index (χ0) is 13.1. The van der Waals surface area contributed by atoms with E-state index in [0.717, 1.165) is 4.47 Å². The van der Waals surface area contributed by atoms with Crippen molar-refractivity contribution >= 4 is 39.1 Å². The van der Waals surface area contributed by atoms with E-state index in [1.807, 2.05) is 5.38 Å². The van der Waals surface area contributed by atoms with Crippen LogP contribution in [0.15, 0.2) is 15.9 Å². The van der Waals surface area contributed by atoms with Gasteiger partial charge in [0, 0.05) is 11.0 Å². The summed E-state index contributed by atoms with van der Waals surface area (Å²) in [6, 6.07) is 1.81. The van der Waals surface area contributed by atoms with Gasteiger partial charge in [-0.25, -0.2) is 0 Å². The van der Waals surface area contributed by atoms with E-state index < -0.39 is 11.4 Å². The van der Waals surface area contributed by atoms with E-state index in [4.69, 9.17) is 5.11 Å². The number of carbonyl (C=O) groups is 2. The van der Waals surface area contributed by atoms with Crippen molar-refractivity contribution in [1.29, 1.82) is 0 Å². The molecule has 0 saturated carbocycles. The Kier molecular flexibility index (Phi) is 4.70. The highest BCUT2D eigenvalue weighted by molar-refractivity contribution is 9.10. The second-order valence-corrected chi connectivity index (χ2v) is 6.06. The predicted molar refractivity (Wildman–Crippen MR) is 70.4 cm³/mol. The summed E-state index contributed by atoms with van der Waals surface area (Å²) in [6.07, 6.45) is 0.400. The fraction of sp³-hybridized carbons (Fsp3) is 0.455. The van der Waals surface area contributed by atoms with Gasteiger partial charge < -0.3 is 10.4 Å². The van der Waals surface area contributed by atoms with Crippen molar-refractivity contribution in [3.05, 3.63) is 20.8 Å². The van der Waals surface area contributed by atoms with Crippen LogP contribution in [-0.4, -0.2) is 23.5 Å². The van der Waals surface area contributed by atoms with Crippen molar-refractivity contribution in [2.24, 2.45) is 5.41 Å². The summed E-state index contributed by atoms with van der Waals surface area (Å²) in [5, 5.41) is 13.5. The van der Waals surface area contributed by atoms with Gasteiger partial charge in [-0.3, -0.25) is 9.59 Å². The molecule has 0 bridgehead atoms. The summed E-state index contributed by atoms with van der Waals surface area (Å²) < 4.78 is 0.762. The minimum Gasteiger partial charge on any atom is -0.481 e. The lowest BCUT2D eigenvalue weighted by atomic mass is 9.90. The smallest absolute Gasteiger partial charge is 0.309 e. The summed E-state index contributed by atoms with van der Waals surface area (Å²) in [5.41, 5.74) is -0.819. The minimum absolute atomic E-state index is 0.173. The number of halogens is 1. The Balaban J connectivity index is 2.46. The molecule has 1 aromatic heterocycles. The first-order valence-electron chi connectivity index (χ1n) is 5.09. The molecular formula is C11H14BrNO3S. The topological polar surface area (TPSA) is 66.4 Å². The Morgan fingerprint density at radius 2 is 2.18 bits per heavy atom. The molecule has 6 heteroatoms. The molecule has 2 N–H and O–H groups in total. The van der Waals surface area contributed by atoms with Crippen molar-refractivity contribution in [3.8, 4) is 0 Å². The Labute approximate surface area is 112 Å². The number of carbonyl (C=O) groups excluding carboxylic acids is 1. The fourth-order valence-electron chi connectivity index (χ4n) is 1.13. The maximum Gasteiger partial charge on any atom is 0.309 e. The van der Waals surface area contributed by atoms with Gasteiger partial charge >= 0.3 is 5.97 Å². The first kappa shape index (κ1) is 14.2. The van der Waals surface area contributed by atoms with Crippen molar-refractivity contribution in [2.75, 3.05) is 6.54 Å². The Morgan fingerprint density at radius 3 is 2.65 bits per heavy atom. The average Bonchev–Trinajstić information content (AvgIpc) is 2.63. The molecule has 4 nitrogen and oxygen atoms in total. The van der Waals surface area contributed by atoms with E-state index in [2.05, 4.69) is 21.2 Å². The molecule has 1 aromatic rings. The van der Waals surface area contributed by atoms with Crippen LogP contribution in [0.25, 0.3) is 0 Å². The van der Waals surface area contributed by atoms with Crippen molar-refractivity contribution in [3.63, 3.8) is 0 Å². The first-order valence-corrected chi connectivity index (χ1v) is 6.76. The van der Waals surface area contributed by atoms with Crippen molar-refractivity contribution in [2.45, 2.75) is 20.3 Å². The molecular weight excluding hydrogens is 306 g/mol. The summed E-state index contributed by atoms with van der Waals surface area (Å²) in [5.74, 6) is -1.03. The largest absolute Gasteiger partial charge is 0.481 e. The van der Waals surface area contributed by atoms with E-state index in [0.29, 0.717) is 17.8 Å². The van der Waals surface area contributed by atoms with Crippen LogP contribution in [0, 0.1) is 5.41 Å². The maximum absolute atomic E-state index is 11.7. The van der Waals surface area contributed by atoms with Gasteiger partial charge in [-0.2, -0.15) is 0 Å². The molecule has 0 saturated heterocycles. The number of aliphatic carboxylic acids is 1. The highest BCUT2D eigenvalue weighted by Crippen LogP contribution is 2.23. The highest BCUT2D eigenvalue weighted by Gasteiger charge is 2.26. The lowest BCUT2D eigenvalue weighted by molar-refractivity contribution is -0.147. The molecule has 94 valence electrons. The fourth-order valence-corrected chi connectivity index (χ4v) is 2.60. The van der Waals surface area contributed by atoms with Gasteiger partial charge in [0.25, 0.3) is 5.91 Å². The number of carboxylic acid groups (broad SMARTS) is 1. The number of hydrogen-bond acceptors (Lipinski definition) is 3. The predicted octanol–water partition coefficient (Wildman–Crippen LogP) is 2.74. The third-order valence-electron chi connectivity index (χ3n) is 2.44. The molecule has 1 rings (SSSR count). The van der Waals surface area contributed by atoms with Crippen LogP contribution in [0.5, 0.6) is 0 Å². The Hall–Kier alpha value is -0.880. The van der Waals surface area contributed by atoms with Gasteiger partial charge in [-0.1, -0.05) is 0 Å². The lowest BCUT2D eigenvalue weighted by Crippen LogP contribution is -2.31. The summed E-state index contributed by atoms with van der Waals surface area (Å²) in [6.45, 7) is 3.63. The van der Waals surface area contributed by atoms with E-state index >= 15 is 0 Å². The standard InChI is InChI=1S/C11H14BrNO3S/c1-11(2,10(15)16)4-5-13-9(14)8-7(12)3-6-17-8/h3,6H,4-5H2,1-2H3,(H,13,14)(H,15,16). The van der Waals surface area contributed by atoms with Crippen LogP contribution in [0.2, 0.25) is 0 Å². The quantitative estimate of drug-likeness (QED) is 0.877. The maximum atomic E-state index is 11.7. The van der Waals surface area contributed by atoms with Crippen LogP contribution >= 0.6 is 27.3 Å². The number of nitrogens with one attached hydrogen (secondary N) is 1. The van der Waals surface area contributed by atoms with Gasteiger partial charge in [0.15, 0.2) is 0 Å². The van der Waals surface area contributed by atoms with Gasteiger partial charge in [0.05, 0.1) is 5.41 Å². The highest BCUT2D eigenvalue weighted by atomic mass is 79.9. The van der Waals surface area contributed by atoms with Gasteiger partial charge in [0.2, 0.25) is 0 Å². The SMILES string of the molecule is CC(C)(CCNC(=O)c1sccc1Br)C(=O)O. The van der Waals surface area contributed by atoms with E-state index in [1.54, 1.807) is 19.9 Å². The molecule has 1 amide bonds. The van der Waals surface area contributed by atoms with Crippen LogP contribution in [0.3, 0.4) is 0 Å². The lowest BCUT2D eigenvalue weighted by Gasteiger charge is -2.18. The van der Waals surface area contributed by atoms with Crippen LogP contribution < -0.4 is 5.32 Å². The third kappa shape index (κ3) is 3.81. The van der Waals surface area contributed by atoms with E-state index in [9.17, 15) is 9.59 Å². The molecule has 0 spiro atoms. The molecule has 17 heavy (non-hydrogen) atoms. The molecule has 0 aliphatic heterocycles. The van der Waals surface area contributed by atoms with Crippen LogP contribution in [0.4, 0.5) is 0 Å². The molecule has 0 fully saturated rings. The molecule has 0 aromatic carbocycles. The minimum atomic E-state index is -0.857. The van der Waals surface area contributed by atoms with Gasteiger partial charge in [-0.15, -0.1) is 11.3 Å². The van der Waals surface area contributed by atoms with Gasteiger partial charge in [0.1, 0.15) is 4.88 Å². The molecule has 0 unspecified atom stereocenters. The van der Waals surface area contributed by atoms with E-state index in [1.165, 1.54) is 11.3 Å². The molecule has 0 aliphatic rings. The molecule has 1 heterocycles. The van der Waals surface area contributed by atoms with Crippen molar-refractivity contribution < 1.29 is 14.7 Å². The van der Waals surface area contributed by atoms with Crippen LogP contribution in [0.1, 0.15) is 29.9 Å². The first-order chi connectivity index (χ1) is 7.84. The average molecular weight is 320 g/mol. The number of hydrogen-bond donors (Lipinski definition) is 2. The number of carboxylic acids is 1. The van der Waals surface area contributed by atoms with Gasteiger partial charge in [-0.05, 0) is 47.6 Å². The van der Waals surface area contributed by atoms with Crippen molar-refractivity contribution in [1.82, 2.24) is 5.32 Å². The number of amides is 1. The monoisotopic (exact) mass is 319 g/mol. The zero-order valence-electron chi connectivity index (χ0n) is 9.62. The number of thiophene rings is 1. The molecule has 0 aliphatic carbocycles.